The van der Waals surface area contributed by atoms with E-state index >= 15 is 0 Å². The molecular formula is C23H30N4O. The molecule has 0 saturated carbocycles. The van der Waals surface area contributed by atoms with Gasteiger partial charge in [-0.05, 0) is 49.9 Å². The lowest BCUT2D eigenvalue weighted by Gasteiger charge is -2.29. The molecule has 2 heterocycles. The van der Waals surface area contributed by atoms with E-state index in [4.69, 9.17) is 14.6 Å². The number of hydrogen-bond donors (Lipinski definition) is 0. The molecule has 2 aromatic heterocycles. The normalized spacial score (nSPS) is 23.8. The first-order valence-electron chi connectivity index (χ1n) is 10.2. The average molecular weight is 379 g/mol. The second-order valence-corrected chi connectivity index (χ2v) is 9.16. The van der Waals surface area contributed by atoms with Gasteiger partial charge in [0, 0.05) is 23.9 Å². The summed E-state index contributed by atoms with van der Waals surface area (Å²) < 4.78 is 7.64. The minimum absolute atomic E-state index is 0.311. The quantitative estimate of drug-likeness (QED) is 0.690. The molecule has 0 saturated heterocycles. The maximum Gasteiger partial charge on any atom is 0.279 e. The molecule has 0 N–H and O–H groups in total. The Morgan fingerprint density at radius 2 is 2.18 bits per heavy atom. The summed E-state index contributed by atoms with van der Waals surface area (Å²) >= 11 is 0. The number of rotatable bonds is 4. The molecule has 0 spiro atoms. The number of nitrogens with zero attached hydrogens (tertiary/aromatic N) is 4. The molecule has 0 radical (unpaired) electrons. The Balaban J connectivity index is 1.65. The van der Waals surface area contributed by atoms with Crippen LogP contribution < -0.4 is 0 Å². The summed E-state index contributed by atoms with van der Waals surface area (Å²) in [6.07, 6.45) is 10.6. The fourth-order valence-electron chi connectivity index (χ4n) is 4.63. The first-order chi connectivity index (χ1) is 13.3. The van der Waals surface area contributed by atoms with Gasteiger partial charge in [-0.15, -0.1) is 6.58 Å². The molecule has 0 amide bonds. The Bertz CT molecular complexity index is 973. The van der Waals surface area contributed by atoms with E-state index in [9.17, 15) is 0 Å². The van der Waals surface area contributed by atoms with Crippen LogP contribution in [0.1, 0.15) is 57.6 Å². The fourth-order valence-corrected chi connectivity index (χ4v) is 4.63. The van der Waals surface area contributed by atoms with Crippen LogP contribution in [-0.4, -0.2) is 19.9 Å². The lowest BCUT2D eigenvalue weighted by molar-refractivity contribution is 0.306. The van der Waals surface area contributed by atoms with Crippen LogP contribution in [0.3, 0.4) is 0 Å². The van der Waals surface area contributed by atoms with Crippen molar-refractivity contribution in [1.82, 2.24) is 19.9 Å². The third-order valence-electron chi connectivity index (χ3n) is 6.33. The van der Waals surface area contributed by atoms with E-state index in [0.29, 0.717) is 29.0 Å². The van der Waals surface area contributed by atoms with Crippen LogP contribution in [0.25, 0.3) is 17.2 Å². The molecule has 0 fully saturated rings. The van der Waals surface area contributed by atoms with Gasteiger partial charge in [0.15, 0.2) is 5.69 Å². The van der Waals surface area contributed by atoms with Gasteiger partial charge < -0.3 is 4.52 Å². The molecule has 0 aliphatic heterocycles. The number of aryl methyl sites for hydroxylation is 1. The predicted molar refractivity (Wildman–Crippen MR) is 112 cm³/mol. The first kappa shape index (κ1) is 18.9. The Kier molecular flexibility index (Phi) is 4.64. The van der Waals surface area contributed by atoms with Gasteiger partial charge in [-0.2, -0.15) is 10.1 Å². The number of aromatic nitrogens is 4. The topological polar surface area (TPSA) is 56.7 Å². The zero-order chi connectivity index (χ0) is 20.1. The molecule has 0 bridgehead atoms. The summed E-state index contributed by atoms with van der Waals surface area (Å²) in [5.41, 5.74) is 6.09. The second kappa shape index (κ2) is 6.87. The van der Waals surface area contributed by atoms with Crippen LogP contribution in [0, 0.1) is 17.3 Å². The molecule has 28 heavy (non-hydrogen) atoms. The van der Waals surface area contributed by atoms with Gasteiger partial charge in [0.1, 0.15) is 0 Å². The van der Waals surface area contributed by atoms with Gasteiger partial charge in [0.2, 0.25) is 5.82 Å². The molecule has 2 atom stereocenters. The van der Waals surface area contributed by atoms with Crippen molar-refractivity contribution in [3.05, 3.63) is 47.5 Å². The van der Waals surface area contributed by atoms with Crippen molar-refractivity contribution < 1.29 is 4.52 Å². The maximum absolute atomic E-state index is 5.66. The van der Waals surface area contributed by atoms with Crippen LogP contribution >= 0.6 is 0 Å². The van der Waals surface area contributed by atoms with Crippen molar-refractivity contribution in [2.24, 2.45) is 24.3 Å². The van der Waals surface area contributed by atoms with E-state index < -0.39 is 0 Å². The van der Waals surface area contributed by atoms with Crippen molar-refractivity contribution >= 4 is 5.57 Å². The third-order valence-corrected chi connectivity index (χ3v) is 6.33. The summed E-state index contributed by atoms with van der Waals surface area (Å²) in [5.74, 6) is 2.09. The number of hydrogen-bond acceptors (Lipinski definition) is 4. The molecule has 148 valence electrons. The van der Waals surface area contributed by atoms with E-state index in [2.05, 4.69) is 51.6 Å². The van der Waals surface area contributed by atoms with E-state index in [1.807, 2.05) is 17.8 Å². The van der Waals surface area contributed by atoms with Crippen LogP contribution in [0.5, 0.6) is 0 Å². The van der Waals surface area contributed by atoms with Crippen molar-refractivity contribution in [3.63, 3.8) is 0 Å². The summed E-state index contributed by atoms with van der Waals surface area (Å²) in [6.45, 7) is 12.9. The van der Waals surface area contributed by atoms with Crippen LogP contribution in [0.4, 0.5) is 0 Å². The molecule has 2 aliphatic carbocycles. The number of fused-ring (bicyclic) bond motifs is 1. The zero-order valence-corrected chi connectivity index (χ0v) is 17.6. The molecule has 0 aromatic carbocycles. The average Bonchev–Trinajstić information content (AvgIpc) is 3.22. The van der Waals surface area contributed by atoms with Crippen LogP contribution in [0.15, 0.2) is 34.9 Å². The van der Waals surface area contributed by atoms with E-state index in [0.717, 1.165) is 37.0 Å². The van der Waals surface area contributed by atoms with Gasteiger partial charge >= 0.3 is 0 Å². The zero-order valence-electron chi connectivity index (χ0n) is 17.6. The van der Waals surface area contributed by atoms with Crippen molar-refractivity contribution in [2.75, 3.05) is 0 Å². The highest BCUT2D eigenvalue weighted by molar-refractivity contribution is 5.73. The minimum Gasteiger partial charge on any atom is -0.332 e. The van der Waals surface area contributed by atoms with Crippen LogP contribution in [0.2, 0.25) is 0 Å². The van der Waals surface area contributed by atoms with Gasteiger partial charge in [0.25, 0.3) is 5.89 Å². The predicted octanol–water partition coefficient (Wildman–Crippen LogP) is 5.16. The molecule has 4 rings (SSSR count). The lowest BCUT2D eigenvalue weighted by Crippen LogP contribution is -2.23. The lowest BCUT2D eigenvalue weighted by atomic mass is 9.76. The minimum atomic E-state index is 0.311. The van der Waals surface area contributed by atoms with Crippen LogP contribution in [-0.2, 0) is 19.9 Å². The van der Waals surface area contributed by atoms with Gasteiger partial charge in [-0.1, -0.05) is 49.7 Å². The van der Waals surface area contributed by atoms with E-state index in [-0.39, 0.29) is 0 Å². The molecule has 2 aliphatic rings. The second-order valence-electron chi connectivity index (χ2n) is 9.16. The Labute approximate surface area is 167 Å². The summed E-state index contributed by atoms with van der Waals surface area (Å²) in [6, 6.07) is 0. The summed E-state index contributed by atoms with van der Waals surface area (Å²) in [7, 11) is 2.01. The summed E-state index contributed by atoms with van der Waals surface area (Å²) in [4.78, 5) is 4.72. The Hall–Kier alpha value is -2.43. The maximum atomic E-state index is 5.66. The highest BCUT2D eigenvalue weighted by Gasteiger charge is 2.32. The summed E-state index contributed by atoms with van der Waals surface area (Å²) in [5, 5.41) is 9.00. The fraction of sp³-hybridized carbons (Fsp3) is 0.522. The number of allylic oxidation sites excluding steroid dienone is 5. The van der Waals surface area contributed by atoms with E-state index in [1.54, 1.807) is 0 Å². The molecule has 5 nitrogen and oxygen atoms in total. The molecule has 5 heteroatoms. The molecular weight excluding hydrogens is 348 g/mol. The Morgan fingerprint density at radius 3 is 2.89 bits per heavy atom. The van der Waals surface area contributed by atoms with Crippen molar-refractivity contribution in [3.8, 4) is 11.6 Å². The Morgan fingerprint density at radius 1 is 1.39 bits per heavy atom. The van der Waals surface area contributed by atoms with Gasteiger partial charge in [-0.25, -0.2) is 0 Å². The highest BCUT2D eigenvalue weighted by atomic mass is 16.5. The molecule has 2 aromatic rings. The highest BCUT2D eigenvalue weighted by Crippen LogP contribution is 2.39. The van der Waals surface area contributed by atoms with Gasteiger partial charge in [0.05, 0.1) is 0 Å². The first-order valence-corrected chi connectivity index (χ1v) is 10.2. The standard InChI is InChI=1S/C23H30N4O/c1-7-8-17-14(2)11-16(12-15(17)3)21-24-22(28-26-21)20-18-9-10-23(4,5)13-19(18)27(6)25-20/h7,11-12,14,17H,1,8-10,13H2,2-6H3. The van der Waals surface area contributed by atoms with Gasteiger partial charge in [-0.3, -0.25) is 4.68 Å². The van der Waals surface area contributed by atoms with Crippen molar-refractivity contribution in [2.45, 2.75) is 53.4 Å². The third kappa shape index (κ3) is 3.27. The monoisotopic (exact) mass is 378 g/mol. The molecule has 2 unspecified atom stereocenters. The van der Waals surface area contributed by atoms with Crippen molar-refractivity contribution in [1.29, 1.82) is 0 Å². The SMILES string of the molecule is C=CCC1C(C)=CC(c2noc(-c3nn(C)c4c3CCC(C)(C)C4)n2)=CC1C. The largest absolute Gasteiger partial charge is 0.332 e. The van der Waals surface area contributed by atoms with E-state index in [1.165, 1.54) is 16.8 Å². The smallest absolute Gasteiger partial charge is 0.279 e.